The molecule has 0 saturated heterocycles. The molecule has 0 unspecified atom stereocenters. The molecule has 0 radical (unpaired) electrons. The fourth-order valence-electron chi connectivity index (χ4n) is 3.30. The number of carbonyl (C=O) groups is 1. The van der Waals surface area contributed by atoms with Gasteiger partial charge in [-0.3, -0.25) is 4.79 Å². The number of rotatable bonds is 9. The molecule has 0 aromatic heterocycles. The summed E-state index contributed by atoms with van der Waals surface area (Å²) in [5.74, 6) is 1.40. The van der Waals surface area contributed by atoms with Crippen molar-refractivity contribution in [1.29, 1.82) is 0 Å². The highest BCUT2D eigenvalue weighted by Crippen LogP contribution is 2.23. The van der Waals surface area contributed by atoms with Crippen molar-refractivity contribution in [2.75, 3.05) is 19.0 Å². The van der Waals surface area contributed by atoms with E-state index in [1.807, 2.05) is 61.5 Å². The van der Waals surface area contributed by atoms with Crippen molar-refractivity contribution in [3.05, 3.63) is 89.0 Å². The van der Waals surface area contributed by atoms with E-state index in [2.05, 4.69) is 48.8 Å². The summed E-state index contributed by atoms with van der Waals surface area (Å²) < 4.78 is 5.21. The first-order valence-corrected chi connectivity index (χ1v) is 11.0. The summed E-state index contributed by atoms with van der Waals surface area (Å²) >= 11 is 0. The van der Waals surface area contributed by atoms with Gasteiger partial charge < -0.3 is 15.4 Å². The molecule has 4 nitrogen and oxygen atoms in total. The van der Waals surface area contributed by atoms with E-state index >= 15 is 0 Å². The van der Waals surface area contributed by atoms with Gasteiger partial charge in [0.05, 0.1) is 7.11 Å². The number of methoxy groups -OCH3 is 1. The Morgan fingerprint density at radius 2 is 1.72 bits per heavy atom. The summed E-state index contributed by atoms with van der Waals surface area (Å²) in [7, 11) is 1.67. The monoisotopic (exact) mass is 428 g/mol. The second kappa shape index (κ2) is 11.2. The van der Waals surface area contributed by atoms with E-state index in [-0.39, 0.29) is 5.91 Å². The highest BCUT2D eigenvalue weighted by Gasteiger charge is 2.08. The number of aryl methyl sites for hydroxylation is 1. The Balaban J connectivity index is 1.65. The van der Waals surface area contributed by atoms with Gasteiger partial charge in [0, 0.05) is 23.5 Å². The molecule has 0 spiro atoms. The maximum absolute atomic E-state index is 12.4. The average molecular weight is 429 g/mol. The van der Waals surface area contributed by atoms with Gasteiger partial charge in [-0.1, -0.05) is 50.3 Å². The third-order valence-corrected chi connectivity index (χ3v) is 5.25. The Labute approximate surface area is 191 Å². The van der Waals surface area contributed by atoms with Gasteiger partial charge in [-0.15, -0.1) is 0 Å². The van der Waals surface area contributed by atoms with Crippen molar-refractivity contribution in [2.24, 2.45) is 5.92 Å². The van der Waals surface area contributed by atoms with Crippen LogP contribution in [0.4, 0.5) is 11.4 Å². The molecule has 0 atom stereocenters. The molecule has 166 valence electrons. The maximum atomic E-state index is 12.4. The second-order valence-electron chi connectivity index (χ2n) is 8.33. The lowest BCUT2D eigenvalue weighted by atomic mass is 10.1. The number of hydrogen-bond acceptors (Lipinski definition) is 3. The van der Waals surface area contributed by atoms with Gasteiger partial charge in [0.2, 0.25) is 0 Å². The quantitative estimate of drug-likeness (QED) is 0.373. The van der Waals surface area contributed by atoms with Gasteiger partial charge in [-0.25, -0.2) is 0 Å². The highest BCUT2D eigenvalue weighted by molar-refractivity contribution is 5.95. The van der Waals surface area contributed by atoms with Crippen LogP contribution in [0.5, 0.6) is 5.75 Å². The number of anilines is 2. The molecule has 2 N–H and O–H groups in total. The number of benzene rings is 3. The van der Waals surface area contributed by atoms with Crippen molar-refractivity contribution in [2.45, 2.75) is 27.2 Å². The zero-order valence-corrected chi connectivity index (χ0v) is 19.3. The van der Waals surface area contributed by atoms with E-state index in [4.69, 9.17) is 4.74 Å². The van der Waals surface area contributed by atoms with Crippen LogP contribution in [0, 0.1) is 12.8 Å². The first-order valence-electron chi connectivity index (χ1n) is 11.0. The molecular weight excluding hydrogens is 396 g/mol. The number of carbonyl (C=O) groups excluding carboxylic acids is 1. The van der Waals surface area contributed by atoms with Crippen LogP contribution in [-0.4, -0.2) is 19.6 Å². The van der Waals surface area contributed by atoms with E-state index in [0.29, 0.717) is 18.0 Å². The van der Waals surface area contributed by atoms with Gasteiger partial charge in [0.15, 0.2) is 0 Å². The molecule has 0 fully saturated rings. The van der Waals surface area contributed by atoms with Gasteiger partial charge >= 0.3 is 0 Å². The number of amides is 1. The second-order valence-corrected chi connectivity index (χ2v) is 8.33. The average Bonchev–Trinajstić information content (AvgIpc) is 2.79. The zero-order chi connectivity index (χ0) is 22.9. The molecule has 0 heterocycles. The van der Waals surface area contributed by atoms with Crippen LogP contribution in [0.1, 0.15) is 47.3 Å². The van der Waals surface area contributed by atoms with Crippen LogP contribution >= 0.6 is 0 Å². The molecule has 0 saturated carbocycles. The molecule has 0 aliphatic heterocycles. The fourth-order valence-corrected chi connectivity index (χ4v) is 3.30. The summed E-state index contributed by atoms with van der Waals surface area (Å²) in [6.07, 6.45) is 5.15. The smallest absolute Gasteiger partial charge is 0.251 e. The zero-order valence-electron chi connectivity index (χ0n) is 19.3. The van der Waals surface area contributed by atoms with Crippen molar-refractivity contribution in [3.8, 4) is 5.75 Å². The lowest BCUT2D eigenvalue weighted by molar-refractivity contribution is 0.0952. The largest absolute Gasteiger partial charge is 0.497 e. The van der Waals surface area contributed by atoms with Crippen molar-refractivity contribution in [3.63, 3.8) is 0 Å². The van der Waals surface area contributed by atoms with Crippen LogP contribution in [0.2, 0.25) is 0 Å². The Hall–Kier alpha value is -3.53. The molecule has 0 bridgehead atoms. The third kappa shape index (κ3) is 6.74. The van der Waals surface area contributed by atoms with E-state index in [1.165, 1.54) is 0 Å². The normalized spacial score (nSPS) is 11.0. The lowest BCUT2D eigenvalue weighted by Gasteiger charge is -2.12. The Morgan fingerprint density at radius 3 is 2.41 bits per heavy atom. The predicted octanol–water partition coefficient (Wildman–Crippen LogP) is 6.69. The minimum absolute atomic E-state index is 0.0223. The molecule has 0 aliphatic carbocycles. The van der Waals surface area contributed by atoms with Crippen LogP contribution in [0.15, 0.2) is 66.7 Å². The number of nitrogens with one attached hydrogen (secondary N) is 2. The summed E-state index contributed by atoms with van der Waals surface area (Å²) in [6.45, 7) is 7.02. The van der Waals surface area contributed by atoms with Gasteiger partial charge in [0.25, 0.3) is 5.91 Å². The van der Waals surface area contributed by atoms with Gasteiger partial charge in [-0.2, -0.15) is 0 Å². The third-order valence-electron chi connectivity index (χ3n) is 5.25. The topological polar surface area (TPSA) is 50.4 Å². The van der Waals surface area contributed by atoms with Crippen LogP contribution in [0.25, 0.3) is 12.2 Å². The summed E-state index contributed by atoms with van der Waals surface area (Å²) in [5.41, 5.74) is 5.92. The predicted molar refractivity (Wildman–Crippen MR) is 135 cm³/mol. The molecule has 3 aromatic carbocycles. The minimum Gasteiger partial charge on any atom is -0.497 e. The van der Waals surface area contributed by atoms with Crippen molar-refractivity contribution in [1.82, 2.24) is 5.32 Å². The van der Waals surface area contributed by atoms with E-state index in [1.54, 1.807) is 7.11 Å². The van der Waals surface area contributed by atoms with Crippen molar-refractivity contribution >= 4 is 29.4 Å². The van der Waals surface area contributed by atoms with E-state index in [0.717, 1.165) is 40.2 Å². The first-order chi connectivity index (χ1) is 15.4. The van der Waals surface area contributed by atoms with E-state index < -0.39 is 0 Å². The number of hydrogen-bond donors (Lipinski definition) is 2. The summed E-state index contributed by atoms with van der Waals surface area (Å²) in [6, 6.07) is 22.0. The van der Waals surface area contributed by atoms with Gasteiger partial charge in [0.1, 0.15) is 5.75 Å². The standard InChI is InChI=1S/C28H32N2O2/c1-20(2)16-17-29-28(31)24-12-15-27(21(3)18-24)30-25-7-5-6-23(19-25)9-8-22-10-13-26(32-4)14-11-22/h5-15,18-20,30H,16-17H2,1-4H3,(H,29,31). The Morgan fingerprint density at radius 1 is 0.969 bits per heavy atom. The summed E-state index contributed by atoms with van der Waals surface area (Å²) in [5, 5.41) is 6.46. The molecule has 0 aliphatic rings. The number of ether oxygens (including phenoxy) is 1. The molecule has 4 heteroatoms. The van der Waals surface area contributed by atoms with E-state index in [9.17, 15) is 4.79 Å². The maximum Gasteiger partial charge on any atom is 0.251 e. The Bertz CT molecular complexity index is 1070. The molecule has 32 heavy (non-hydrogen) atoms. The van der Waals surface area contributed by atoms with Crippen molar-refractivity contribution < 1.29 is 9.53 Å². The Kier molecular flexibility index (Phi) is 8.09. The summed E-state index contributed by atoms with van der Waals surface area (Å²) in [4.78, 5) is 12.4. The lowest BCUT2D eigenvalue weighted by Crippen LogP contribution is -2.25. The SMILES string of the molecule is COc1ccc(C=Cc2cccc(Nc3ccc(C(=O)NCCC(C)C)cc3C)c2)cc1. The van der Waals surface area contributed by atoms with Crippen LogP contribution < -0.4 is 15.4 Å². The highest BCUT2D eigenvalue weighted by atomic mass is 16.5. The van der Waals surface area contributed by atoms with Crippen LogP contribution in [0.3, 0.4) is 0 Å². The molecule has 3 aromatic rings. The van der Waals surface area contributed by atoms with Crippen LogP contribution in [-0.2, 0) is 0 Å². The fraction of sp³-hybridized carbons (Fsp3) is 0.250. The molecule has 1 amide bonds. The molecule has 3 rings (SSSR count). The van der Waals surface area contributed by atoms with Gasteiger partial charge in [-0.05, 0) is 78.4 Å². The minimum atomic E-state index is -0.0223. The first kappa shape index (κ1) is 23.1. The molecular formula is C28H32N2O2.